The van der Waals surface area contributed by atoms with Crippen molar-refractivity contribution >= 4 is 17.3 Å². The molecular weight excluding hydrogens is 376 g/mol. The largest absolute Gasteiger partial charge is 0.395 e. The Morgan fingerprint density at radius 3 is 1.67 bits per heavy atom. The van der Waals surface area contributed by atoms with Crippen LogP contribution in [-0.2, 0) is 0 Å². The van der Waals surface area contributed by atoms with Gasteiger partial charge in [-0.2, -0.15) is 0 Å². The summed E-state index contributed by atoms with van der Waals surface area (Å²) in [6, 6.07) is 16.5. The van der Waals surface area contributed by atoms with Crippen LogP contribution in [0.15, 0.2) is 48.5 Å². The quantitative estimate of drug-likeness (QED) is 0.616. The maximum Gasteiger partial charge on any atom is 0.246 e. The van der Waals surface area contributed by atoms with E-state index in [9.17, 15) is 5.11 Å². The van der Waals surface area contributed by atoms with Gasteiger partial charge in [-0.15, -0.1) is 10.2 Å². The van der Waals surface area contributed by atoms with Crippen LogP contribution in [-0.4, -0.2) is 68.2 Å². The molecule has 30 heavy (non-hydrogen) atoms. The molecule has 0 amide bonds. The van der Waals surface area contributed by atoms with E-state index in [4.69, 9.17) is 4.98 Å². The SMILES string of the molecule is CCN(CCO)c1nnc(-c2ccc(N(C)C)cc2)c(-c2ccc(N(C)C)cc2)n1. The Morgan fingerprint density at radius 2 is 1.23 bits per heavy atom. The molecule has 0 atom stereocenters. The number of likely N-dealkylation sites (N-methyl/N-ethyl adjacent to an activating group) is 1. The zero-order chi connectivity index (χ0) is 21.7. The van der Waals surface area contributed by atoms with Crippen molar-refractivity contribution in [1.82, 2.24) is 15.2 Å². The number of hydrogen-bond donors (Lipinski definition) is 1. The second-order valence-electron chi connectivity index (χ2n) is 7.49. The molecule has 0 fully saturated rings. The van der Waals surface area contributed by atoms with Gasteiger partial charge in [0, 0.05) is 63.8 Å². The number of aromatic nitrogens is 3. The Hall–Kier alpha value is -3.19. The molecule has 7 heteroatoms. The minimum atomic E-state index is 0.0395. The van der Waals surface area contributed by atoms with Crippen molar-refractivity contribution < 1.29 is 5.11 Å². The Kier molecular flexibility index (Phi) is 6.84. The lowest BCUT2D eigenvalue weighted by Gasteiger charge is -2.20. The van der Waals surface area contributed by atoms with E-state index in [0.29, 0.717) is 19.0 Å². The molecule has 0 aliphatic rings. The Balaban J connectivity index is 2.11. The van der Waals surface area contributed by atoms with E-state index in [1.165, 1.54) is 0 Å². The average molecular weight is 407 g/mol. The first-order valence-corrected chi connectivity index (χ1v) is 10.1. The van der Waals surface area contributed by atoms with Crippen LogP contribution < -0.4 is 14.7 Å². The lowest BCUT2D eigenvalue weighted by atomic mass is 10.0. The Labute approximate surface area is 178 Å². The van der Waals surface area contributed by atoms with Crippen molar-refractivity contribution in [2.24, 2.45) is 0 Å². The van der Waals surface area contributed by atoms with Crippen molar-refractivity contribution in [1.29, 1.82) is 0 Å². The van der Waals surface area contributed by atoms with Gasteiger partial charge in [-0.05, 0) is 31.2 Å². The van der Waals surface area contributed by atoms with Gasteiger partial charge in [-0.1, -0.05) is 24.3 Å². The molecular formula is C23H30N6O. The van der Waals surface area contributed by atoms with E-state index in [2.05, 4.69) is 56.4 Å². The summed E-state index contributed by atoms with van der Waals surface area (Å²) in [7, 11) is 8.07. The lowest BCUT2D eigenvalue weighted by molar-refractivity contribution is 0.301. The van der Waals surface area contributed by atoms with Crippen LogP contribution in [0.2, 0.25) is 0 Å². The molecule has 1 aromatic heterocycles. The molecule has 0 bridgehead atoms. The summed E-state index contributed by atoms with van der Waals surface area (Å²) in [5.41, 5.74) is 5.69. The third-order valence-corrected chi connectivity index (χ3v) is 5.02. The number of hydrogen-bond acceptors (Lipinski definition) is 7. The van der Waals surface area contributed by atoms with Crippen LogP contribution >= 0.6 is 0 Å². The Bertz CT molecular complexity index is 954. The first-order chi connectivity index (χ1) is 14.4. The molecule has 3 aromatic rings. The fraction of sp³-hybridized carbons (Fsp3) is 0.348. The molecule has 1 N–H and O–H groups in total. The van der Waals surface area contributed by atoms with Crippen molar-refractivity contribution in [2.75, 3.05) is 62.6 Å². The number of aliphatic hydroxyl groups is 1. The topological polar surface area (TPSA) is 68.6 Å². The highest BCUT2D eigenvalue weighted by Crippen LogP contribution is 2.31. The summed E-state index contributed by atoms with van der Waals surface area (Å²) in [5.74, 6) is 0.520. The highest BCUT2D eigenvalue weighted by atomic mass is 16.3. The minimum absolute atomic E-state index is 0.0395. The molecule has 0 saturated heterocycles. The number of rotatable bonds is 8. The molecule has 158 valence electrons. The third kappa shape index (κ3) is 4.68. The average Bonchev–Trinajstić information content (AvgIpc) is 2.77. The van der Waals surface area contributed by atoms with Crippen molar-refractivity contribution in [3.63, 3.8) is 0 Å². The predicted octanol–water partition coefficient (Wildman–Crippen LogP) is 3.16. The molecule has 2 aromatic carbocycles. The van der Waals surface area contributed by atoms with Gasteiger partial charge in [0.25, 0.3) is 0 Å². The molecule has 0 unspecified atom stereocenters. The molecule has 7 nitrogen and oxygen atoms in total. The van der Waals surface area contributed by atoms with E-state index < -0.39 is 0 Å². The monoisotopic (exact) mass is 406 g/mol. The zero-order valence-corrected chi connectivity index (χ0v) is 18.4. The van der Waals surface area contributed by atoms with Gasteiger partial charge < -0.3 is 19.8 Å². The smallest absolute Gasteiger partial charge is 0.246 e. The summed E-state index contributed by atoms with van der Waals surface area (Å²) in [4.78, 5) is 10.9. The highest BCUT2D eigenvalue weighted by Gasteiger charge is 2.17. The third-order valence-electron chi connectivity index (χ3n) is 5.02. The highest BCUT2D eigenvalue weighted by molar-refractivity contribution is 5.79. The fourth-order valence-electron chi connectivity index (χ4n) is 3.20. The second-order valence-corrected chi connectivity index (χ2v) is 7.49. The normalized spacial score (nSPS) is 10.7. The van der Waals surface area contributed by atoms with Crippen LogP contribution in [0.5, 0.6) is 0 Å². The summed E-state index contributed by atoms with van der Waals surface area (Å²) in [6.45, 7) is 3.21. The summed E-state index contributed by atoms with van der Waals surface area (Å²) in [6.07, 6.45) is 0. The first-order valence-electron chi connectivity index (χ1n) is 10.1. The molecule has 0 saturated carbocycles. The minimum Gasteiger partial charge on any atom is -0.395 e. The van der Waals surface area contributed by atoms with Gasteiger partial charge in [0.15, 0.2) is 0 Å². The van der Waals surface area contributed by atoms with Gasteiger partial charge in [0.05, 0.1) is 6.61 Å². The summed E-state index contributed by atoms with van der Waals surface area (Å²) >= 11 is 0. The van der Waals surface area contributed by atoms with Gasteiger partial charge >= 0.3 is 0 Å². The number of anilines is 3. The first kappa shape index (κ1) is 21.5. The zero-order valence-electron chi connectivity index (χ0n) is 18.4. The van der Waals surface area contributed by atoms with Crippen LogP contribution in [0.4, 0.5) is 17.3 Å². The number of benzene rings is 2. The molecule has 0 radical (unpaired) electrons. The Morgan fingerprint density at radius 1 is 0.733 bits per heavy atom. The van der Waals surface area contributed by atoms with Crippen molar-refractivity contribution in [2.45, 2.75) is 6.92 Å². The molecule has 0 spiro atoms. The number of nitrogens with zero attached hydrogens (tertiary/aromatic N) is 6. The van der Waals surface area contributed by atoms with Gasteiger partial charge in [0.2, 0.25) is 5.95 Å². The summed E-state index contributed by atoms with van der Waals surface area (Å²) < 4.78 is 0. The van der Waals surface area contributed by atoms with Gasteiger partial charge in [-0.3, -0.25) is 0 Å². The van der Waals surface area contributed by atoms with Crippen LogP contribution in [0.3, 0.4) is 0 Å². The maximum atomic E-state index is 9.38. The maximum absolute atomic E-state index is 9.38. The molecule has 0 aliphatic heterocycles. The standard InChI is InChI=1S/C23H30N6O/c1-6-29(15-16-30)23-24-21(17-7-11-19(12-8-17)27(2)3)22(25-26-23)18-9-13-20(14-10-18)28(4)5/h7-14,30H,6,15-16H2,1-5H3. The van der Waals surface area contributed by atoms with Crippen molar-refractivity contribution in [3.8, 4) is 22.5 Å². The van der Waals surface area contributed by atoms with E-state index in [-0.39, 0.29) is 6.61 Å². The number of aliphatic hydroxyl groups excluding tert-OH is 1. The van der Waals surface area contributed by atoms with E-state index >= 15 is 0 Å². The van der Waals surface area contributed by atoms with Gasteiger partial charge in [0.1, 0.15) is 11.4 Å². The lowest BCUT2D eigenvalue weighted by Crippen LogP contribution is -2.28. The van der Waals surface area contributed by atoms with E-state index in [1.807, 2.05) is 52.1 Å². The molecule has 0 aliphatic carbocycles. The molecule has 3 rings (SSSR count). The van der Waals surface area contributed by atoms with Crippen LogP contribution in [0.25, 0.3) is 22.5 Å². The molecule has 1 heterocycles. The van der Waals surface area contributed by atoms with Crippen LogP contribution in [0.1, 0.15) is 6.92 Å². The second kappa shape index (κ2) is 9.54. The van der Waals surface area contributed by atoms with Crippen molar-refractivity contribution in [3.05, 3.63) is 48.5 Å². The van der Waals surface area contributed by atoms with Crippen LogP contribution in [0, 0.1) is 0 Å². The fourth-order valence-corrected chi connectivity index (χ4v) is 3.20. The van der Waals surface area contributed by atoms with Gasteiger partial charge in [-0.25, -0.2) is 4.98 Å². The van der Waals surface area contributed by atoms with E-state index in [0.717, 1.165) is 33.9 Å². The van der Waals surface area contributed by atoms with E-state index in [1.54, 1.807) is 0 Å². The summed E-state index contributed by atoms with van der Waals surface area (Å²) in [5, 5.41) is 18.3. The predicted molar refractivity (Wildman–Crippen MR) is 124 cm³/mol.